The summed E-state index contributed by atoms with van der Waals surface area (Å²) in [6.45, 7) is 4.87. The van der Waals surface area contributed by atoms with Crippen LogP contribution in [-0.4, -0.2) is 45.5 Å². The summed E-state index contributed by atoms with van der Waals surface area (Å²) in [5.41, 5.74) is 1.66. The number of aromatic nitrogens is 2. The zero-order valence-electron chi connectivity index (χ0n) is 16.7. The highest BCUT2D eigenvalue weighted by atomic mass is 19.1. The first-order valence-corrected chi connectivity index (χ1v) is 10.2. The summed E-state index contributed by atoms with van der Waals surface area (Å²) in [7, 11) is 0. The number of aryl methyl sites for hydroxylation is 1. The topological polar surface area (TPSA) is 62.5 Å². The van der Waals surface area contributed by atoms with E-state index in [0.717, 1.165) is 18.7 Å². The van der Waals surface area contributed by atoms with Gasteiger partial charge >= 0.3 is 0 Å². The number of carbonyl (C=O) groups is 1. The third-order valence-electron chi connectivity index (χ3n) is 6.17. The lowest BCUT2D eigenvalue weighted by molar-refractivity contribution is 0.0699. The summed E-state index contributed by atoms with van der Waals surface area (Å²) in [5.74, 6) is 1.58. The van der Waals surface area contributed by atoms with E-state index in [9.17, 15) is 9.18 Å². The number of halogens is 1. The Morgan fingerprint density at radius 1 is 1.10 bits per heavy atom. The van der Waals surface area contributed by atoms with Crippen molar-refractivity contribution in [3.05, 3.63) is 83.3 Å². The summed E-state index contributed by atoms with van der Waals surface area (Å²) >= 11 is 0. The maximum absolute atomic E-state index is 13.3. The molecule has 2 aliphatic rings. The molecule has 154 valence electrons. The molecule has 0 aliphatic carbocycles. The van der Waals surface area contributed by atoms with Gasteiger partial charge in [0.15, 0.2) is 5.82 Å². The SMILES string of the molecule is Cc1nc(CN2C[C@H]3CN(C(=O)c4ccc(F)cc4)[C@@H](c4ccccc4)[C@H]3C2)no1. The van der Waals surface area contributed by atoms with Gasteiger partial charge in [0.2, 0.25) is 5.89 Å². The molecule has 0 spiro atoms. The molecule has 2 aromatic carbocycles. The minimum absolute atomic E-state index is 0.00856. The van der Waals surface area contributed by atoms with Gasteiger partial charge in [-0.1, -0.05) is 35.5 Å². The minimum Gasteiger partial charge on any atom is -0.340 e. The average molecular weight is 406 g/mol. The lowest BCUT2D eigenvalue weighted by atomic mass is 9.89. The Morgan fingerprint density at radius 2 is 1.87 bits per heavy atom. The molecule has 0 N–H and O–H groups in total. The number of amides is 1. The van der Waals surface area contributed by atoms with Gasteiger partial charge in [0.1, 0.15) is 5.82 Å². The molecule has 5 rings (SSSR count). The smallest absolute Gasteiger partial charge is 0.254 e. The van der Waals surface area contributed by atoms with Crippen molar-refractivity contribution in [2.45, 2.75) is 19.5 Å². The van der Waals surface area contributed by atoms with E-state index in [2.05, 4.69) is 27.2 Å². The Hall–Kier alpha value is -3.06. The van der Waals surface area contributed by atoms with Crippen LogP contribution in [0.25, 0.3) is 0 Å². The predicted molar refractivity (Wildman–Crippen MR) is 108 cm³/mol. The van der Waals surface area contributed by atoms with Gasteiger partial charge in [0.25, 0.3) is 5.91 Å². The highest BCUT2D eigenvalue weighted by Gasteiger charge is 2.49. The van der Waals surface area contributed by atoms with E-state index in [1.54, 1.807) is 19.1 Å². The van der Waals surface area contributed by atoms with Gasteiger partial charge in [-0.3, -0.25) is 9.69 Å². The van der Waals surface area contributed by atoms with Crippen LogP contribution < -0.4 is 0 Å². The van der Waals surface area contributed by atoms with Crippen molar-refractivity contribution < 1.29 is 13.7 Å². The first-order valence-electron chi connectivity index (χ1n) is 10.2. The van der Waals surface area contributed by atoms with Crippen LogP contribution in [0.2, 0.25) is 0 Å². The highest BCUT2D eigenvalue weighted by molar-refractivity contribution is 5.94. The zero-order valence-corrected chi connectivity index (χ0v) is 16.7. The van der Waals surface area contributed by atoms with E-state index < -0.39 is 0 Å². The Balaban J connectivity index is 1.40. The maximum atomic E-state index is 13.3. The first-order chi connectivity index (χ1) is 14.6. The fourth-order valence-electron chi connectivity index (χ4n) is 4.92. The molecule has 3 aromatic rings. The minimum atomic E-state index is -0.336. The lowest BCUT2D eigenvalue weighted by Gasteiger charge is -2.30. The normalized spacial score (nSPS) is 23.7. The second-order valence-electron chi connectivity index (χ2n) is 8.17. The van der Waals surface area contributed by atoms with Crippen LogP contribution in [0.15, 0.2) is 59.1 Å². The van der Waals surface area contributed by atoms with Gasteiger partial charge < -0.3 is 9.42 Å². The fourth-order valence-corrected chi connectivity index (χ4v) is 4.92. The average Bonchev–Trinajstić information content (AvgIpc) is 3.43. The Bertz CT molecular complexity index is 1040. The molecule has 0 unspecified atom stereocenters. The molecule has 2 saturated heterocycles. The lowest BCUT2D eigenvalue weighted by Crippen LogP contribution is -2.35. The number of likely N-dealkylation sites (tertiary alicyclic amines) is 2. The van der Waals surface area contributed by atoms with Crippen molar-refractivity contribution in [3.8, 4) is 0 Å². The maximum Gasteiger partial charge on any atom is 0.254 e. The number of benzene rings is 2. The Morgan fingerprint density at radius 3 is 2.57 bits per heavy atom. The number of nitrogens with zero attached hydrogens (tertiary/aromatic N) is 4. The van der Waals surface area contributed by atoms with Crippen molar-refractivity contribution in [2.75, 3.05) is 19.6 Å². The summed E-state index contributed by atoms with van der Waals surface area (Å²) in [5, 5.41) is 4.02. The summed E-state index contributed by atoms with van der Waals surface area (Å²) < 4.78 is 18.4. The van der Waals surface area contributed by atoms with Crippen LogP contribution in [0.1, 0.15) is 33.7 Å². The van der Waals surface area contributed by atoms with E-state index in [0.29, 0.717) is 42.2 Å². The second kappa shape index (κ2) is 7.65. The first kappa shape index (κ1) is 18.9. The predicted octanol–water partition coefficient (Wildman–Crippen LogP) is 3.46. The number of carbonyl (C=O) groups excluding carboxylic acids is 1. The number of rotatable bonds is 4. The molecule has 30 heavy (non-hydrogen) atoms. The van der Waals surface area contributed by atoms with Gasteiger partial charge in [-0.05, 0) is 35.7 Å². The monoisotopic (exact) mass is 406 g/mol. The molecule has 3 heterocycles. The van der Waals surface area contributed by atoms with Crippen LogP contribution in [0.5, 0.6) is 0 Å². The Labute approximate surface area is 174 Å². The molecular formula is C23H23FN4O2. The van der Waals surface area contributed by atoms with Crippen LogP contribution in [-0.2, 0) is 6.54 Å². The van der Waals surface area contributed by atoms with Gasteiger partial charge in [-0.25, -0.2) is 4.39 Å². The summed E-state index contributed by atoms with van der Waals surface area (Å²) in [4.78, 5) is 21.9. The quantitative estimate of drug-likeness (QED) is 0.664. The molecule has 0 bridgehead atoms. The van der Waals surface area contributed by atoms with Crippen molar-refractivity contribution in [3.63, 3.8) is 0 Å². The van der Waals surface area contributed by atoms with Crippen molar-refractivity contribution in [2.24, 2.45) is 11.8 Å². The largest absolute Gasteiger partial charge is 0.340 e. The Kier molecular flexibility index (Phi) is 4.83. The second-order valence-corrected chi connectivity index (χ2v) is 8.17. The zero-order chi connectivity index (χ0) is 20.7. The third kappa shape index (κ3) is 3.50. The van der Waals surface area contributed by atoms with E-state index in [4.69, 9.17) is 4.52 Å². The van der Waals surface area contributed by atoms with Crippen molar-refractivity contribution >= 4 is 5.91 Å². The van der Waals surface area contributed by atoms with Gasteiger partial charge in [-0.2, -0.15) is 4.98 Å². The standard InChI is InChI=1S/C23H23FN4O2/c1-15-25-21(26-30-15)14-27-11-18-12-28(23(29)17-7-9-19(24)10-8-17)22(20(18)13-27)16-5-3-2-4-6-16/h2-10,18,20,22H,11-14H2,1H3/t18-,20-,22-/m0/s1. The number of hydrogen-bond acceptors (Lipinski definition) is 5. The van der Waals surface area contributed by atoms with Crippen LogP contribution in [0.4, 0.5) is 4.39 Å². The molecule has 1 aromatic heterocycles. The molecule has 2 fully saturated rings. The molecule has 0 radical (unpaired) electrons. The molecule has 3 atom stereocenters. The van der Waals surface area contributed by atoms with Crippen LogP contribution in [0.3, 0.4) is 0 Å². The highest BCUT2D eigenvalue weighted by Crippen LogP contribution is 2.45. The summed E-state index contributed by atoms with van der Waals surface area (Å²) in [6.07, 6.45) is 0. The molecule has 7 heteroatoms. The van der Waals surface area contributed by atoms with Crippen LogP contribution >= 0.6 is 0 Å². The number of hydrogen-bond donors (Lipinski definition) is 0. The van der Waals surface area contributed by atoms with Crippen molar-refractivity contribution in [1.29, 1.82) is 0 Å². The van der Waals surface area contributed by atoms with Gasteiger partial charge in [0.05, 0.1) is 12.6 Å². The van der Waals surface area contributed by atoms with Gasteiger partial charge in [0, 0.05) is 38.0 Å². The number of fused-ring (bicyclic) bond motifs is 1. The molecule has 2 aliphatic heterocycles. The van der Waals surface area contributed by atoms with E-state index in [1.165, 1.54) is 12.1 Å². The molecule has 6 nitrogen and oxygen atoms in total. The van der Waals surface area contributed by atoms with Crippen molar-refractivity contribution in [1.82, 2.24) is 19.9 Å². The fraction of sp³-hybridized carbons (Fsp3) is 0.348. The molecule has 1 amide bonds. The van der Waals surface area contributed by atoms with Gasteiger partial charge in [-0.15, -0.1) is 0 Å². The molecule has 0 saturated carbocycles. The van der Waals surface area contributed by atoms with E-state index in [1.807, 2.05) is 23.1 Å². The van der Waals surface area contributed by atoms with E-state index >= 15 is 0 Å². The van der Waals surface area contributed by atoms with Crippen LogP contribution in [0, 0.1) is 24.6 Å². The summed E-state index contributed by atoms with van der Waals surface area (Å²) in [6, 6.07) is 16.0. The molecular weight excluding hydrogens is 383 g/mol. The third-order valence-corrected chi connectivity index (χ3v) is 6.17. The van der Waals surface area contributed by atoms with E-state index in [-0.39, 0.29) is 17.8 Å².